The van der Waals surface area contributed by atoms with E-state index < -0.39 is 5.95 Å². The van der Waals surface area contributed by atoms with E-state index in [-0.39, 0.29) is 0 Å². The van der Waals surface area contributed by atoms with Crippen LogP contribution in [-0.4, -0.2) is 14.8 Å². The molecule has 2 rings (SSSR count). The third-order valence-electron chi connectivity index (χ3n) is 1.81. The molecule has 0 saturated heterocycles. The number of nitrogen functional groups attached to an aromatic ring is 1. The molecule has 0 bridgehead atoms. The van der Waals surface area contributed by atoms with Crippen molar-refractivity contribution in [3.63, 3.8) is 0 Å². The van der Waals surface area contributed by atoms with Crippen LogP contribution in [0.25, 0.3) is 5.69 Å². The zero-order valence-corrected chi connectivity index (χ0v) is 7.61. The first-order valence-electron chi connectivity index (χ1n) is 4.11. The summed E-state index contributed by atoms with van der Waals surface area (Å²) in [6, 6.07) is 4.65. The Balaban J connectivity index is 2.54. The summed E-state index contributed by atoms with van der Waals surface area (Å²) in [5, 5.41) is 4.12. The number of pyridine rings is 1. The molecule has 0 unspecified atom stereocenters. The second kappa shape index (κ2) is 3.10. The SMILES string of the molecule is Cc1cc(N)n(-c2ccnc(F)c2)n1. The molecule has 0 amide bonds. The van der Waals surface area contributed by atoms with Gasteiger partial charge in [-0.1, -0.05) is 0 Å². The van der Waals surface area contributed by atoms with Crippen molar-refractivity contribution in [1.82, 2.24) is 14.8 Å². The summed E-state index contributed by atoms with van der Waals surface area (Å²) in [4.78, 5) is 3.45. The minimum absolute atomic E-state index is 0.480. The highest BCUT2D eigenvalue weighted by Crippen LogP contribution is 2.13. The molecule has 2 aromatic rings. The molecule has 2 aromatic heterocycles. The number of rotatable bonds is 1. The average molecular weight is 192 g/mol. The zero-order chi connectivity index (χ0) is 10.1. The van der Waals surface area contributed by atoms with Crippen molar-refractivity contribution >= 4 is 5.82 Å². The maximum Gasteiger partial charge on any atom is 0.214 e. The van der Waals surface area contributed by atoms with Crippen LogP contribution in [0.5, 0.6) is 0 Å². The molecule has 0 aliphatic carbocycles. The number of hydrogen-bond donors (Lipinski definition) is 1. The highest BCUT2D eigenvalue weighted by Gasteiger charge is 2.04. The van der Waals surface area contributed by atoms with Crippen molar-refractivity contribution in [1.29, 1.82) is 0 Å². The summed E-state index contributed by atoms with van der Waals surface area (Å²) in [5.41, 5.74) is 7.04. The quantitative estimate of drug-likeness (QED) is 0.693. The Morgan fingerprint density at radius 2 is 2.21 bits per heavy atom. The average Bonchev–Trinajstić information content (AvgIpc) is 2.45. The minimum atomic E-state index is -0.546. The van der Waals surface area contributed by atoms with Gasteiger partial charge in [0.15, 0.2) is 0 Å². The first-order valence-corrected chi connectivity index (χ1v) is 4.11. The molecule has 0 spiro atoms. The highest BCUT2D eigenvalue weighted by atomic mass is 19.1. The summed E-state index contributed by atoms with van der Waals surface area (Å²) < 4.78 is 14.3. The summed E-state index contributed by atoms with van der Waals surface area (Å²) in [6.45, 7) is 1.82. The summed E-state index contributed by atoms with van der Waals surface area (Å²) >= 11 is 0. The normalized spacial score (nSPS) is 10.4. The van der Waals surface area contributed by atoms with Gasteiger partial charge in [-0.2, -0.15) is 9.49 Å². The van der Waals surface area contributed by atoms with Gasteiger partial charge in [-0.3, -0.25) is 0 Å². The topological polar surface area (TPSA) is 56.7 Å². The van der Waals surface area contributed by atoms with Crippen LogP contribution in [0.15, 0.2) is 24.4 Å². The molecule has 14 heavy (non-hydrogen) atoms. The van der Waals surface area contributed by atoms with Crippen LogP contribution in [0.1, 0.15) is 5.69 Å². The van der Waals surface area contributed by atoms with E-state index in [1.807, 2.05) is 6.92 Å². The van der Waals surface area contributed by atoms with Gasteiger partial charge in [0.25, 0.3) is 0 Å². The van der Waals surface area contributed by atoms with Crippen LogP contribution in [0, 0.1) is 12.9 Å². The van der Waals surface area contributed by atoms with E-state index in [2.05, 4.69) is 10.1 Å². The van der Waals surface area contributed by atoms with Gasteiger partial charge in [-0.15, -0.1) is 0 Å². The Bertz CT molecular complexity index is 464. The lowest BCUT2D eigenvalue weighted by Crippen LogP contribution is -2.02. The molecule has 72 valence electrons. The first-order chi connectivity index (χ1) is 6.66. The van der Waals surface area contributed by atoms with E-state index in [1.54, 1.807) is 12.1 Å². The van der Waals surface area contributed by atoms with Gasteiger partial charge in [0.05, 0.1) is 11.4 Å². The van der Waals surface area contributed by atoms with Gasteiger partial charge in [0, 0.05) is 18.3 Å². The standard InChI is InChI=1S/C9H9FN4/c1-6-4-9(11)14(13-6)7-2-3-12-8(10)5-7/h2-5H,11H2,1H3. The fourth-order valence-electron chi connectivity index (χ4n) is 1.25. The largest absolute Gasteiger partial charge is 0.384 e. The van der Waals surface area contributed by atoms with Crippen LogP contribution < -0.4 is 5.73 Å². The van der Waals surface area contributed by atoms with Gasteiger partial charge in [-0.05, 0) is 13.0 Å². The fraction of sp³-hybridized carbons (Fsp3) is 0.111. The van der Waals surface area contributed by atoms with Crippen LogP contribution >= 0.6 is 0 Å². The Morgan fingerprint density at radius 1 is 1.43 bits per heavy atom. The lowest BCUT2D eigenvalue weighted by atomic mass is 10.4. The number of nitrogens with two attached hydrogens (primary N) is 1. The predicted octanol–water partition coefficient (Wildman–Crippen LogP) is 1.30. The molecule has 0 radical (unpaired) electrons. The maximum atomic E-state index is 12.8. The molecular formula is C9H9FN4. The van der Waals surface area contributed by atoms with Gasteiger partial charge in [0.2, 0.25) is 5.95 Å². The maximum absolute atomic E-state index is 12.8. The second-order valence-corrected chi connectivity index (χ2v) is 2.96. The summed E-state index contributed by atoms with van der Waals surface area (Å²) in [5.74, 6) is -0.0665. The lowest BCUT2D eigenvalue weighted by molar-refractivity contribution is 0.581. The third-order valence-corrected chi connectivity index (χ3v) is 1.81. The Labute approximate surface area is 80.2 Å². The van der Waals surface area contributed by atoms with E-state index in [0.29, 0.717) is 11.5 Å². The first kappa shape index (κ1) is 8.68. The van der Waals surface area contributed by atoms with Gasteiger partial charge in [0.1, 0.15) is 5.82 Å². The molecule has 0 atom stereocenters. The number of aryl methyl sites for hydroxylation is 1. The molecule has 0 saturated carbocycles. The van der Waals surface area contributed by atoms with E-state index in [4.69, 9.17) is 5.73 Å². The summed E-state index contributed by atoms with van der Waals surface area (Å²) in [6.07, 6.45) is 1.38. The zero-order valence-electron chi connectivity index (χ0n) is 7.61. The third kappa shape index (κ3) is 1.44. The molecule has 0 fully saturated rings. The van der Waals surface area contributed by atoms with E-state index in [0.717, 1.165) is 5.69 Å². The van der Waals surface area contributed by atoms with E-state index in [1.165, 1.54) is 16.9 Å². The van der Waals surface area contributed by atoms with Crippen LogP contribution in [0.2, 0.25) is 0 Å². The number of halogens is 1. The molecule has 4 nitrogen and oxygen atoms in total. The Kier molecular flexibility index (Phi) is 1.92. The van der Waals surface area contributed by atoms with Crippen molar-refractivity contribution in [2.75, 3.05) is 5.73 Å². The monoisotopic (exact) mass is 192 g/mol. The van der Waals surface area contributed by atoms with E-state index in [9.17, 15) is 4.39 Å². The Hall–Kier alpha value is -1.91. The van der Waals surface area contributed by atoms with Crippen molar-refractivity contribution in [2.45, 2.75) is 6.92 Å². The van der Waals surface area contributed by atoms with Crippen molar-refractivity contribution in [3.8, 4) is 5.69 Å². The van der Waals surface area contributed by atoms with Crippen molar-refractivity contribution < 1.29 is 4.39 Å². The van der Waals surface area contributed by atoms with Gasteiger partial charge < -0.3 is 5.73 Å². The molecule has 2 heterocycles. The molecular weight excluding hydrogens is 183 g/mol. The molecule has 0 aliphatic heterocycles. The number of anilines is 1. The molecule has 0 aromatic carbocycles. The smallest absolute Gasteiger partial charge is 0.214 e. The minimum Gasteiger partial charge on any atom is -0.384 e. The number of nitrogens with zero attached hydrogens (tertiary/aromatic N) is 3. The van der Waals surface area contributed by atoms with Crippen molar-refractivity contribution in [2.24, 2.45) is 0 Å². The van der Waals surface area contributed by atoms with Gasteiger partial charge >= 0.3 is 0 Å². The van der Waals surface area contributed by atoms with Crippen LogP contribution in [0.3, 0.4) is 0 Å². The summed E-state index contributed by atoms with van der Waals surface area (Å²) in [7, 11) is 0. The van der Waals surface area contributed by atoms with Gasteiger partial charge in [-0.25, -0.2) is 9.67 Å². The number of aromatic nitrogens is 3. The molecule has 2 N–H and O–H groups in total. The molecule has 0 aliphatic rings. The van der Waals surface area contributed by atoms with Crippen LogP contribution in [0.4, 0.5) is 10.2 Å². The van der Waals surface area contributed by atoms with Crippen LogP contribution in [-0.2, 0) is 0 Å². The number of hydrogen-bond acceptors (Lipinski definition) is 3. The predicted molar refractivity (Wildman–Crippen MR) is 50.5 cm³/mol. The Morgan fingerprint density at radius 3 is 2.79 bits per heavy atom. The van der Waals surface area contributed by atoms with E-state index >= 15 is 0 Å². The second-order valence-electron chi connectivity index (χ2n) is 2.96. The lowest BCUT2D eigenvalue weighted by Gasteiger charge is -2.02. The highest BCUT2D eigenvalue weighted by molar-refractivity contribution is 5.41. The van der Waals surface area contributed by atoms with Crippen molar-refractivity contribution in [3.05, 3.63) is 36.0 Å². The molecule has 5 heteroatoms. The fourth-order valence-corrected chi connectivity index (χ4v) is 1.25.